The minimum Gasteiger partial charge on any atom is -0.480 e. The lowest BCUT2D eigenvalue weighted by Crippen LogP contribution is -2.43. The smallest absolute Gasteiger partial charge is 0.252 e. The number of methoxy groups -OCH3 is 1. The normalized spacial score (nSPS) is 18.5. The number of carbonyl (C=O) groups is 1. The van der Waals surface area contributed by atoms with Crippen molar-refractivity contribution in [2.75, 3.05) is 25.5 Å². The number of carbonyl (C=O) groups excluding carboxylic acids is 1. The van der Waals surface area contributed by atoms with Gasteiger partial charge in [-0.2, -0.15) is 4.31 Å². The third-order valence-electron chi connectivity index (χ3n) is 4.29. The van der Waals surface area contributed by atoms with Gasteiger partial charge in [-0.15, -0.1) is 11.3 Å². The molecule has 9 heteroatoms. The van der Waals surface area contributed by atoms with Crippen molar-refractivity contribution in [2.24, 2.45) is 5.92 Å². The van der Waals surface area contributed by atoms with Crippen LogP contribution in [-0.2, 0) is 14.8 Å². The summed E-state index contributed by atoms with van der Waals surface area (Å²) in [4.78, 5) is 17.6. The van der Waals surface area contributed by atoms with Gasteiger partial charge in [0.05, 0.1) is 13.0 Å². The number of nitrogens with zero attached hydrogens (tertiary/aromatic N) is 2. The Hall–Kier alpha value is -1.97. The fraction of sp³-hybridized carbons (Fsp3) is 0.412. The molecule has 0 radical (unpaired) electrons. The molecular weight excluding hydrogens is 374 g/mol. The number of rotatable bonds is 5. The molecule has 0 aromatic carbocycles. The van der Waals surface area contributed by atoms with Crippen LogP contribution in [0, 0.1) is 12.8 Å². The monoisotopic (exact) mass is 395 g/mol. The summed E-state index contributed by atoms with van der Waals surface area (Å²) in [6.07, 6.45) is 2.86. The summed E-state index contributed by atoms with van der Waals surface area (Å²) in [5.41, 5.74) is 0.480. The summed E-state index contributed by atoms with van der Waals surface area (Å²) < 4.78 is 32.5. The average Bonchev–Trinajstić information content (AvgIpc) is 3.09. The van der Waals surface area contributed by atoms with E-state index in [2.05, 4.69) is 10.3 Å². The van der Waals surface area contributed by atoms with Gasteiger partial charge in [-0.25, -0.2) is 13.4 Å². The molecule has 1 aliphatic rings. The zero-order valence-electron chi connectivity index (χ0n) is 14.6. The first-order chi connectivity index (χ1) is 12.4. The minimum atomic E-state index is -3.56. The Morgan fingerprint density at radius 3 is 2.88 bits per heavy atom. The lowest BCUT2D eigenvalue weighted by Gasteiger charge is -2.30. The zero-order chi connectivity index (χ0) is 18.7. The molecule has 1 amide bonds. The van der Waals surface area contributed by atoms with Crippen LogP contribution >= 0.6 is 11.3 Å². The number of hydrogen-bond acceptors (Lipinski definition) is 6. The Bertz CT molecular complexity index is 895. The number of anilines is 1. The maximum Gasteiger partial charge on any atom is 0.252 e. The first-order valence-corrected chi connectivity index (χ1v) is 10.5. The van der Waals surface area contributed by atoms with Gasteiger partial charge >= 0.3 is 0 Å². The molecule has 7 nitrogen and oxygen atoms in total. The Morgan fingerprint density at radius 2 is 2.19 bits per heavy atom. The highest BCUT2D eigenvalue weighted by molar-refractivity contribution is 7.91. The fourth-order valence-electron chi connectivity index (χ4n) is 2.94. The van der Waals surface area contributed by atoms with Gasteiger partial charge in [0.2, 0.25) is 11.8 Å². The number of aryl methyl sites for hydroxylation is 1. The van der Waals surface area contributed by atoms with E-state index >= 15 is 0 Å². The van der Waals surface area contributed by atoms with Gasteiger partial charge in [-0.1, -0.05) is 0 Å². The molecular formula is C17H21N3O4S2. The standard InChI is InChI=1S/C17H21N3O4S2/c1-12-7-8-15(25-12)26(22,23)20-10-4-5-13(11-20)16(21)19-14-6-3-9-18-17(14)24-2/h3,6-9,13H,4-5,10-11H2,1-2H3,(H,19,21). The molecule has 1 atom stereocenters. The van der Waals surface area contributed by atoms with Crippen molar-refractivity contribution in [3.05, 3.63) is 35.3 Å². The van der Waals surface area contributed by atoms with E-state index in [9.17, 15) is 13.2 Å². The maximum atomic E-state index is 12.8. The van der Waals surface area contributed by atoms with E-state index in [4.69, 9.17) is 4.74 Å². The van der Waals surface area contributed by atoms with Crippen molar-refractivity contribution < 1.29 is 17.9 Å². The second kappa shape index (κ2) is 7.73. The van der Waals surface area contributed by atoms with E-state index in [1.165, 1.54) is 22.8 Å². The molecule has 3 rings (SSSR count). The SMILES string of the molecule is COc1ncccc1NC(=O)C1CCCN(S(=O)(=O)c2ccc(C)s2)C1. The Balaban J connectivity index is 1.73. The number of ether oxygens (including phenoxy) is 1. The summed E-state index contributed by atoms with van der Waals surface area (Å²) in [5.74, 6) is -0.307. The molecule has 26 heavy (non-hydrogen) atoms. The van der Waals surface area contributed by atoms with Crippen molar-refractivity contribution in [3.63, 3.8) is 0 Å². The first kappa shape index (κ1) is 18.8. The number of thiophene rings is 1. The van der Waals surface area contributed by atoms with Crippen LogP contribution in [0.2, 0.25) is 0 Å². The number of piperidine rings is 1. The van der Waals surface area contributed by atoms with Gasteiger partial charge < -0.3 is 10.1 Å². The Labute approximate surface area is 157 Å². The number of amides is 1. The lowest BCUT2D eigenvalue weighted by atomic mass is 9.99. The third kappa shape index (κ3) is 3.89. The molecule has 2 aromatic heterocycles. The largest absolute Gasteiger partial charge is 0.480 e. The van der Waals surface area contributed by atoms with Crippen LogP contribution in [0.15, 0.2) is 34.7 Å². The van der Waals surface area contributed by atoms with Gasteiger partial charge in [-0.05, 0) is 44.0 Å². The number of hydrogen-bond donors (Lipinski definition) is 1. The molecule has 0 saturated carbocycles. The van der Waals surface area contributed by atoms with Crippen LogP contribution in [0.3, 0.4) is 0 Å². The van der Waals surface area contributed by atoms with Crippen LogP contribution < -0.4 is 10.1 Å². The minimum absolute atomic E-state index is 0.174. The van der Waals surface area contributed by atoms with Crippen molar-refractivity contribution in [1.82, 2.24) is 9.29 Å². The molecule has 0 spiro atoms. The summed E-state index contributed by atoms with van der Waals surface area (Å²) in [6.45, 7) is 2.48. The van der Waals surface area contributed by atoms with Gasteiger partial charge in [0.25, 0.3) is 10.0 Å². The average molecular weight is 396 g/mol. The van der Waals surface area contributed by atoms with Gasteiger partial charge in [0.15, 0.2) is 0 Å². The molecule has 1 saturated heterocycles. The first-order valence-electron chi connectivity index (χ1n) is 8.28. The number of aromatic nitrogens is 1. The Kier molecular flexibility index (Phi) is 5.59. The molecule has 1 aliphatic heterocycles. The fourth-order valence-corrected chi connectivity index (χ4v) is 5.90. The quantitative estimate of drug-likeness (QED) is 0.840. The molecule has 1 fully saturated rings. The molecule has 140 valence electrons. The molecule has 0 aliphatic carbocycles. The lowest BCUT2D eigenvalue weighted by molar-refractivity contribution is -0.120. The maximum absolute atomic E-state index is 12.8. The molecule has 1 unspecified atom stereocenters. The van der Waals surface area contributed by atoms with Crippen molar-refractivity contribution in [1.29, 1.82) is 0 Å². The van der Waals surface area contributed by atoms with Crippen LogP contribution in [0.25, 0.3) is 0 Å². The van der Waals surface area contributed by atoms with Gasteiger partial charge in [0.1, 0.15) is 9.90 Å². The van der Waals surface area contributed by atoms with E-state index in [0.717, 1.165) is 4.88 Å². The highest BCUT2D eigenvalue weighted by atomic mass is 32.2. The zero-order valence-corrected chi connectivity index (χ0v) is 16.3. The van der Waals surface area contributed by atoms with Crippen molar-refractivity contribution in [2.45, 2.75) is 24.0 Å². The van der Waals surface area contributed by atoms with Crippen LogP contribution in [0.1, 0.15) is 17.7 Å². The van der Waals surface area contributed by atoms with Crippen LogP contribution in [-0.4, -0.2) is 43.8 Å². The van der Waals surface area contributed by atoms with E-state index < -0.39 is 15.9 Å². The molecule has 1 N–H and O–H groups in total. The third-order valence-corrected chi connectivity index (χ3v) is 7.62. The van der Waals surface area contributed by atoms with Gasteiger partial charge in [0, 0.05) is 24.2 Å². The molecule has 0 bridgehead atoms. The van der Waals surface area contributed by atoms with Crippen molar-refractivity contribution >= 4 is 33.0 Å². The second-order valence-corrected chi connectivity index (χ2v) is 9.57. The highest BCUT2D eigenvalue weighted by Crippen LogP contribution is 2.29. The Morgan fingerprint density at radius 1 is 1.38 bits per heavy atom. The summed E-state index contributed by atoms with van der Waals surface area (Å²) in [6, 6.07) is 6.82. The second-order valence-electron chi connectivity index (χ2n) is 6.12. The number of nitrogens with one attached hydrogen (secondary N) is 1. The summed E-state index contributed by atoms with van der Waals surface area (Å²) in [7, 11) is -2.08. The molecule has 3 heterocycles. The predicted octanol–water partition coefficient (Wildman–Crippen LogP) is 2.50. The van der Waals surface area contributed by atoms with E-state index in [1.807, 2.05) is 6.92 Å². The summed E-state index contributed by atoms with van der Waals surface area (Å²) in [5, 5.41) is 2.80. The van der Waals surface area contributed by atoms with Gasteiger partial charge in [-0.3, -0.25) is 4.79 Å². The summed E-state index contributed by atoms with van der Waals surface area (Å²) >= 11 is 1.25. The highest BCUT2D eigenvalue weighted by Gasteiger charge is 2.34. The van der Waals surface area contributed by atoms with E-state index in [0.29, 0.717) is 35.2 Å². The topological polar surface area (TPSA) is 88.6 Å². The van der Waals surface area contributed by atoms with Crippen LogP contribution in [0.4, 0.5) is 5.69 Å². The number of sulfonamides is 1. The number of pyridine rings is 1. The predicted molar refractivity (Wildman–Crippen MR) is 100.0 cm³/mol. The van der Waals surface area contributed by atoms with E-state index in [-0.39, 0.29) is 12.5 Å². The molecule has 2 aromatic rings. The van der Waals surface area contributed by atoms with Crippen LogP contribution in [0.5, 0.6) is 5.88 Å². The van der Waals surface area contributed by atoms with Crippen molar-refractivity contribution in [3.8, 4) is 5.88 Å². The van der Waals surface area contributed by atoms with E-state index in [1.54, 1.807) is 30.5 Å².